The van der Waals surface area contributed by atoms with Gasteiger partial charge in [-0.15, -0.1) is 0 Å². The molecule has 0 radical (unpaired) electrons. The molecule has 20 heavy (non-hydrogen) atoms. The van der Waals surface area contributed by atoms with Gasteiger partial charge >= 0.3 is 12.0 Å². The minimum absolute atomic E-state index is 0.0772. The van der Waals surface area contributed by atoms with Crippen LogP contribution in [0.5, 0.6) is 0 Å². The van der Waals surface area contributed by atoms with E-state index in [4.69, 9.17) is 5.11 Å². The van der Waals surface area contributed by atoms with Crippen molar-refractivity contribution in [3.8, 4) is 0 Å². The first-order valence-electron chi connectivity index (χ1n) is 7.73. The van der Waals surface area contributed by atoms with Gasteiger partial charge < -0.3 is 14.9 Å². The molecule has 2 fully saturated rings. The zero-order valence-electron chi connectivity index (χ0n) is 12.5. The van der Waals surface area contributed by atoms with Gasteiger partial charge in [0.15, 0.2) is 0 Å². The fraction of sp³-hybridized carbons (Fsp3) is 0.867. The van der Waals surface area contributed by atoms with Gasteiger partial charge in [0.2, 0.25) is 0 Å². The van der Waals surface area contributed by atoms with E-state index >= 15 is 0 Å². The van der Waals surface area contributed by atoms with E-state index in [0.717, 1.165) is 18.8 Å². The summed E-state index contributed by atoms with van der Waals surface area (Å²) in [6.45, 7) is 3.42. The van der Waals surface area contributed by atoms with Crippen molar-refractivity contribution >= 4 is 12.0 Å². The Hall–Kier alpha value is -1.26. The molecule has 1 aliphatic carbocycles. The number of nitrogens with zero attached hydrogens (tertiary/aromatic N) is 2. The van der Waals surface area contributed by atoms with E-state index in [9.17, 15) is 9.59 Å². The van der Waals surface area contributed by atoms with E-state index in [2.05, 4.69) is 6.92 Å². The summed E-state index contributed by atoms with van der Waals surface area (Å²) in [6.07, 6.45) is 5.74. The van der Waals surface area contributed by atoms with E-state index < -0.39 is 5.97 Å². The van der Waals surface area contributed by atoms with Crippen LogP contribution >= 0.6 is 0 Å². The van der Waals surface area contributed by atoms with Crippen LogP contribution in [-0.4, -0.2) is 53.1 Å². The van der Waals surface area contributed by atoms with E-state index in [0.29, 0.717) is 32.0 Å². The van der Waals surface area contributed by atoms with Crippen molar-refractivity contribution in [2.45, 2.75) is 51.5 Å². The molecule has 2 aliphatic rings. The Kier molecular flexibility index (Phi) is 4.89. The topological polar surface area (TPSA) is 60.9 Å². The molecule has 1 saturated carbocycles. The number of hydrogen-bond acceptors (Lipinski definition) is 2. The molecule has 5 nitrogen and oxygen atoms in total. The highest BCUT2D eigenvalue weighted by Gasteiger charge is 2.31. The number of carbonyl (C=O) groups excluding carboxylic acids is 1. The first-order valence-corrected chi connectivity index (χ1v) is 7.73. The SMILES string of the molecule is CC1CCC(N(C)C(=O)N2CCC(C(=O)O)CC2)CC1. The van der Waals surface area contributed by atoms with Crippen molar-refractivity contribution in [2.75, 3.05) is 20.1 Å². The number of hydrogen-bond donors (Lipinski definition) is 1. The summed E-state index contributed by atoms with van der Waals surface area (Å²) in [7, 11) is 1.90. The number of rotatable bonds is 2. The standard InChI is InChI=1S/C15H26N2O3/c1-11-3-5-13(6-4-11)16(2)15(20)17-9-7-12(8-10-17)14(18)19/h11-13H,3-10H2,1-2H3,(H,18,19). The number of aliphatic carboxylic acids is 1. The van der Waals surface area contributed by atoms with Crippen molar-refractivity contribution in [1.29, 1.82) is 0 Å². The quantitative estimate of drug-likeness (QED) is 0.846. The molecular weight excluding hydrogens is 256 g/mol. The molecular formula is C15H26N2O3. The zero-order valence-corrected chi connectivity index (χ0v) is 12.5. The number of carbonyl (C=O) groups is 2. The fourth-order valence-electron chi connectivity index (χ4n) is 3.33. The molecule has 2 rings (SSSR count). The summed E-state index contributed by atoms with van der Waals surface area (Å²) in [4.78, 5) is 27.1. The van der Waals surface area contributed by atoms with Gasteiger partial charge in [-0.05, 0) is 44.4 Å². The highest BCUT2D eigenvalue weighted by molar-refractivity contribution is 5.75. The van der Waals surface area contributed by atoms with E-state index in [-0.39, 0.29) is 11.9 Å². The molecule has 0 aromatic carbocycles. The summed E-state index contributed by atoms with van der Waals surface area (Å²) in [6, 6.07) is 0.435. The van der Waals surface area contributed by atoms with Crippen LogP contribution in [0.2, 0.25) is 0 Å². The van der Waals surface area contributed by atoms with Crippen LogP contribution in [0.15, 0.2) is 0 Å². The molecule has 5 heteroatoms. The lowest BCUT2D eigenvalue weighted by Gasteiger charge is -2.38. The van der Waals surface area contributed by atoms with Crippen LogP contribution in [0.3, 0.4) is 0 Å². The van der Waals surface area contributed by atoms with Crippen molar-refractivity contribution in [3.63, 3.8) is 0 Å². The third-order valence-corrected chi connectivity index (χ3v) is 4.95. The largest absolute Gasteiger partial charge is 0.481 e. The van der Waals surface area contributed by atoms with Gasteiger partial charge in [-0.3, -0.25) is 4.79 Å². The molecule has 0 atom stereocenters. The molecule has 0 spiro atoms. The predicted molar refractivity (Wildman–Crippen MR) is 76.5 cm³/mol. The van der Waals surface area contributed by atoms with Crippen molar-refractivity contribution in [2.24, 2.45) is 11.8 Å². The Bertz CT molecular complexity index is 356. The summed E-state index contributed by atoms with van der Waals surface area (Å²) >= 11 is 0. The number of likely N-dealkylation sites (tertiary alicyclic amines) is 1. The van der Waals surface area contributed by atoms with Gasteiger partial charge in [-0.25, -0.2) is 4.79 Å². The van der Waals surface area contributed by atoms with Crippen molar-refractivity contribution in [3.05, 3.63) is 0 Å². The van der Waals surface area contributed by atoms with Crippen LogP contribution in [-0.2, 0) is 4.79 Å². The summed E-state index contributed by atoms with van der Waals surface area (Å²) in [5, 5.41) is 8.99. The predicted octanol–water partition coefficient (Wildman–Crippen LogP) is 2.41. The molecule has 1 aliphatic heterocycles. The maximum Gasteiger partial charge on any atom is 0.319 e. The number of carboxylic acids is 1. The van der Waals surface area contributed by atoms with Crippen molar-refractivity contribution in [1.82, 2.24) is 9.80 Å². The second kappa shape index (κ2) is 6.46. The highest BCUT2D eigenvalue weighted by Crippen LogP contribution is 2.27. The highest BCUT2D eigenvalue weighted by atomic mass is 16.4. The average Bonchev–Trinajstić information content (AvgIpc) is 2.46. The van der Waals surface area contributed by atoms with Gasteiger partial charge in [-0.1, -0.05) is 6.92 Å². The number of amides is 2. The van der Waals surface area contributed by atoms with Crippen LogP contribution in [0.25, 0.3) is 0 Å². The minimum Gasteiger partial charge on any atom is -0.481 e. The smallest absolute Gasteiger partial charge is 0.319 e. The molecule has 0 aromatic rings. The third kappa shape index (κ3) is 3.44. The third-order valence-electron chi connectivity index (χ3n) is 4.95. The van der Waals surface area contributed by atoms with Gasteiger partial charge in [0.05, 0.1) is 5.92 Å². The molecule has 1 saturated heterocycles. The second-order valence-corrected chi connectivity index (χ2v) is 6.41. The van der Waals surface area contributed by atoms with Crippen LogP contribution < -0.4 is 0 Å². The fourth-order valence-corrected chi connectivity index (χ4v) is 3.33. The maximum absolute atomic E-state index is 12.5. The molecule has 1 N–H and O–H groups in total. The Morgan fingerprint density at radius 3 is 2.10 bits per heavy atom. The average molecular weight is 282 g/mol. The van der Waals surface area contributed by atoms with Crippen LogP contribution in [0, 0.1) is 11.8 Å². The second-order valence-electron chi connectivity index (χ2n) is 6.41. The maximum atomic E-state index is 12.5. The van der Waals surface area contributed by atoms with Gasteiger partial charge in [0, 0.05) is 26.2 Å². The Morgan fingerprint density at radius 2 is 1.60 bits per heavy atom. The Morgan fingerprint density at radius 1 is 1.05 bits per heavy atom. The number of urea groups is 1. The lowest BCUT2D eigenvalue weighted by Crippen LogP contribution is -2.50. The van der Waals surface area contributed by atoms with Gasteiger partial charge in [0.1, 0.15) is 0 Å². The minimum atomic E-state index is -0.730. The van der Waals surface area contributed by atoms with Gasteiger partial charge in [0.25, 0.3) is 0 Å². The van der Waals surface area contributed by atoms with Crippen LogP contribution in [0.4, 0.5) is 4.79 Å². The zero-order chi connectivity index (χ0) is 14.7. The Labute approximate surface area is 120 Å². The molecule has 0 aromatic heterocycles. The lowest BCUT2D eigenvalue weighted by atomic mass is 9.87. The number of piperidine rings is 1. The Balaban J connectivity index is 1.84. The normalized spacial score (nSPS) is 28.2. The summed E-state index contributed by atoms with van der Waals surface area (Å²) in [5.74, 6) is -0.229. The van der Waals surface area contributed by atoms with Gasteiger partial charge in [-0.2, -0.15) is 0 Å². The van der Waals surface area contributed by atoms with E-state index in [1.54, 1.807) is 0 Å². The summed E-state index contributed by atoms with van der Waals surface area (Å²) < 4.78 is 0. The molecule has 1 heterocycles. The first kappa shape index (κ1) is 15.1. The molecule has 0 unspecified atom stereocenters. The van der Waals surface area contributed by atoms with Crippen molar-refractivity contribution < 1.29 is 14.7 Å². The van der Waals surface area contributed by atoms with E-state index in [1.807, 2.05) is 16.8 Å². The lowest BCUT2D eigenvalue weighted by molar-refractivity contribution is -0.143. The monoisotopic (exact) mass is 282 g/mol. The molecule has 0 bridgehead atoms. The van der Waals surface area contributed by atoms with E-state index in [1.165, 1.54) is 12.8 Å². The number of carboxylic acid groups (broad SMARTS) is 1. The summed E-state index contributed by atoms with van der Waals surface area (Å²) in [5.41, 5.74) is 0. The molecule has 114 valence electrons. The van der Waals surface area contributed by atoms with Crippen LogP contribution in [0.1, 0.15) is 45.4 Å². The molecule has 2 amide bonds. The first-order chi connectivity index (χ1) is 9.49.